The maximum atomic E-state index is 6.17. The van der Waals surface area contributed by atoms with E-state index in [1.165, 1.54) is 51.4 Å². The summed E-state index contributed by atoms with van der Waals surface area (Å²) in [6.07, 6.45) is 11.0. The van der Waals surface area contributed by atoms with Crippen molar-refractivity contribution in [1.82, 2.24) is 0 Å². The van der Waals surface area contributed by atoms with Crippen molar-refractivity contribution in [3.63, 3.8) is 0 Å². The monoisotopic (exact) mass is 280 g/mol. The Morgan fingerprint density at radius 2 is 1.79 bits per heavy atom. The molecule has 19 heavy (non-hydrogen) atoms. The third-order valence-electron chi connectivity index (χ3n) is 5.49. The molecule has 0 heterocycles. The average Bonchev–Trinajstić information content (AvgIpc) is 3.14. The molecule has 2 fully saturated rings. The van der Waals surface area contributed by atoms with Crippen LogP contribution in [0, 0.1) is 5.92 Å². The second-order valence-electron chi connectivity index (χ2n) is 6.50. The highest BCUT2D eigenvalue weighted by atomic mass is 28.3. The highest BCUT2D eigenvalue weighted by Crippen LogP contribution is 2.61. The Bertz CT molecular complexity index is 352. The minimum absolute atomic E-state index is 0.372. The molecule has 108 valence electrons. The molecule has 0 aromatic carbocycles. The van der Waals surface area contributed by atoms with Gasteiger partial charge in [0.05, 0.1) is 0 Å². The van der Waals surface area contributed by atoms with Gasteiger partial charge >= 0.3 is 9.28 Å². The van der Waals surface area contributed by atoms with E-state index in [-0.39, 0.29) is 0 Å². The van der Waals surface area contributed by atoms with Crippen molar-refractivity contribution >= 4 is 9.28 Å². The molecule has 0 N–H and O–H groups in total. The lowest BCUT2D eigenvalue weighted by molar-refractivity contribution is 0.189. The molecule has 2 saturated carbocycles. The highest BCUT2D eigenvalue weighted by Gasteiger charge is 2.51. The van der Waals surface area contributed by atoms with Crippen LogP contribution in [0.4, 0.5) is 0 Å². The summed E-state index contributed by atoms with van der Waals surface area (Å²) in [5.41, 5.74) is 3.63. The number of allylic oxidation sites excluding steroid dienone is 2. The van der Waals surface area contributed by atoms with Crippen LogP contribution in [0.15, 0.2) is 11.1 Å². The molecule has 0 aromatic heterocycles. The Morgan fingerprint density at radius 3 is 2.26 bits per heavy atom. The van der Waals surface area contributed by atoms with E-state index >= 15 is 0 Å². The van der Waals surface area contributed by atoms with E-state index in [9.17, 15) is 0 Å². The van der Waals surface area contributed by atoms with Crippen LogP contribution in [-0.2, 0) is 8.85 Å². The molecular weight excluding hydrogens is 252 g/mol. The lowest BCUT2D eigenvalue weighted by atomic mass is 9.87. The predicted molar refractivity (Wildman–Crippen MR) is 80.5 cm³/mol. The molecule has 0 amide bonds. The number of rotatable bonds is 6. The summed E-state index contributed by atoms with van der Waals surface area (Å²) in [4.78, 5) is 0. The second-order valence-corrected chi connectivity index (χ2v) is 8.94. The number of hydrogen-bond acceptors (Lipinski definition) is 2. The maximum absolute atomic E-state index is 6.17. The maximum Gasteiger partial charge on any atom is 0.332 e. The first-order chi connectivity index (χ1) is 9.30. The lowest BCUT2D eigenvalue weighted by Crippen LogP contribution is -2.39. The first-order valence-corrected chi connectivity index (χ1v) is 9.76. The van der Waals surface area contributed by atoms with E-state index in [2.05, 4.69) is 13.8 Å². The molecule has 0 saturated heterocycles. The first-order valence-electron chi connectivity index (χ1n) is 8.24. The molecule has 0 radical (unpaired) electrons. The van der Waals surface area contributed by atoms with Crippen molar-refractivity contribution in [2.75, 3.05) is 13.2 Å². The smallest absolute Gasteiger partial charge is 0.332 e. The zero-order chi connectivity index (χ0) is 13.3. The van der Waals surface area contributed by atoms with Gasteiger partial charge in [-0.2, -0.15) is 0 Å². The van der Waals surface area contributed by atoms with Gasteiger partial charge in [-0.15, -0.1) is 0 Å². The van der Waals surface area contributed by atoms with E-state index in [1.807, 2.05) is 11.1 Å². The van der Waals surface area contributed by atoms with Crippen LogP contribution < -0.4 is 0 Å². The van der Waals surface area contributed by atoms with Gasteiger partial charge in [-0.1, -0.05) is 24.0 Å². The fraction of sp³-hybridized carbons (Fsp3) is 0.875. The van der Waals surface area contributed by atoms with Crippen LogP contribution in [0.3, 0.4) is 0 Å². The van der Waals surface area contributed by atoms with Gasteiger partial charge in [-0.3, -0.25) is 0 Å². The quantitative estimate of drug-likeness (QED) is 0.539. The van der Waals surface area contributed by atoms with Crippen LogP contribution in [0.25, 0.3) is 0 Å². The van der Waals surface area contributed by atoms with Crippen molar-refractivity contribution < 1.29 is 8.85 Å². The number of fused-ring (bicyclic) bond motifs is 2. The topological polar surface area (TPSA) is 18.5 Å². The SMILES string of the molecule is CCO[SiH](OCC)C1(C2=C3CCC(C3)C2)CCCC1. The molecule has 2 bridgehead atoms. The molecule has 0 spiro atoms. The molecule has 1 unspecified atom stereocenters. The summed E-state index contributed by atoms with van der Waals surface area (Å²) >= 11 is 0. The largest absolute Gasteiger partial charge is 0.396 e. The molecule has 3 aliphatic carbocycles. The standard InChI is InChI=1S/C16H28O2Si/c1-3-17-19(18-4-2)16(9-5-6-10-16)15-12-13-7-8-14(15)11-13/h13,19H,3-12H2,1-2H3. The molecular formula is C16H28O2Si. The van der Waals surface area contributed by atoms with Gasteiger partial charge in [0.1, 0.15) is 0 Å². The van der Waals surface area contributed by atoms with E-state index in [0.717, 1.165) is 19.1 Å². The molecule has 2 nitrogen and oxygen atoms in total. The molecule has 0 aliphatic heterocycles. The van der Waals surface area contributed by atoms with Crippen molar-refractivity contribution in [2.45, 2.75) is 70.3 Å². The van der Waals surface area contributed by atoms with E-state index in [0.29, 0.717) is 5.04 Å². The summed E-state index contributed by atoms with van der Waals surface area (Å²) < 4.78 is 12.3. The van der Waals surface area contributed by atoms with Crippen molar-refractivity contribution in [1.29, 1.82) is 0 Å². The predicted octanol–water partition coefficient (Wildman–Crippen LogP) is 4.09. The van der Waals surface area contributed by atoms with Crippen LogP contribution in [0.5, 0.6) is 0 Å². The summed E-state index contributed by atoms with van der Waals surface area (Å²) in [7, 11) is -1.56. The minimum atomic E-state index is -1.56. The third-order valence-corrected chi connectivity index (χ3v) is 8.59. The van der Waals surface area contributed by atoms with Gasteiger partial charge in [-0.05, 0) is 58.3 Å². The fourth-order valence-corrected chi connectivity index (χ4v) is 7.55. The van der Waals surface area contributed by atoms with Gasteiger partial charge in [0.2, 0.25) is 0 Å². The van der Waals surface area contributed by atoms with Crippen LogP contribution in [0.1, 0.15) is 65.2 Å². The van der Waals surface area contributed by atoms with Gasteiger partial charge in [-0.25, -0.2) is 0 Å². The van der Waals surface area contributed by atoms with E-state index < -0.39 is 9.28 Å². The molecule has 3 heteroatoms. The second kappa shape index (κ2) is 5.70. The van der Waals surface area contributed by atoms with Crippen LogP contribution in [0.2, 0.25) is 5.04 Å². The summed E-state index contributed by atoms with van der Waals surface area (Å²) in [6, 6.07) is 0. The van der Waals surface area contributed by atoms with Gasteiger partial charge < -0.3 is 8.85 Å². The van der Waals surface area contributed by atoms with Crippen LogP contribution >= 0.6 is 0 Å². The Labute approximate surface area is 119 Å². The van der Waals surface area contributed by atoms with Crippen molar-refractivity contribution in [3.05, 3.63) is 11.1 Å². The molecule has 0 aromatic rings. The van der Waals surface area contributed by atoms with Gasteiger partial charge in [0.15, 0.2) is 0 Å². The third kappa shape index (κ3) is 2.34. The summed E-state index contributed by atoms with van der Waals surface area (Å²) in [6.45, 7) is 5.90. The van der Waals surface area contributed by atoms with Crippen molar-refractivity contribution in [2.24, 2.45) is 5.92 Å². The van der Waals surface area contributed by atoms with Crippen LogP contribution in [-0.4, -0.2) is 22.5 Å². The normalized spacial score (nSPS) is 28.9. The zero-order valence-electron chi connectivity index (χ0n) is 12.5. The Balaban J connectivity index is 1.89. The van der Waals surface area contributed by atoms with E-state index in [4.69, 9.17) is 8.85 Å². The van der Waals surface area contributed by atoms with E-state index in [1.54, 1.807) is 0 Å². The zero-order valence-corrected chi connectivity index (χ0v) is 13.7. The molecule has 3 aliphatic rings. The molecule has 3 rings (SSSR count). The van der Waals surface area contributed by atoms with Gasteiger partial charge in [0.25, 0.3) is 0 Å². The minimum Gasteiger partial charge on any atom is -0.396 e. The fourth-order valence-electron chi connectivity index (χ4n) is 4.72. The lowest BCUT2D eigenvalue weighted by Gasteiger charge is -2.38. The first kappa shape index (κ1) is 13.8. The summed E-state index contributed by atoms with van der Waals surface area (Å²) in [5, 5.41) is 0.372. The number of hydrogen-bond donors (Lipinski definition) is 0. The molecule has 1 atom stereocenters. The Hall–Kier alpha value is -0.123. The average molecular weight is 280 g/mol. The Morgan fingerprint density at radius 1 is 1.11 bits per heavy atom. The highest BCUT2D eigenvalue weighted by molar-refractivity contribution is 6.50. The summed E-state index contributed by atoms with van der Waals surface area (Å²) in [5.74, 6) is 0.973. The van der Waals surface area contributed by atoms with Crippen molar-refractivity contribution in [3.8, 4) is 0 Å². The Kier molecular flexibility index (Phi) is 4.16. The van der Waals surface area contributed by atoms with Gasteiger partial charge in [0, 0.05) is 18.3 Å².